The van der Waals surface area contributed by atoms with Crippen molar-refractivity contribution in [2.45, 2.75) is 39.0 Å². The molecule has 1 heterocycles. The molecular weight excluding hydrogens is 342 g/mol. The summed E-state index contributed by atoms with van der Waals surface area (Å²) in [6, 6.07) is 19.4. The number of hydrogen-bond donors (Lipinski definition) is 0. The van der Waals surface area contributed by atoms with E-state index in [1.165, 1.54) is 55.5 Å². The van der Waals surface area contributed by atoms with Crippen LogP contribution in [0.1, 0.15) is 50.2 Å². The molecule has 28 heavy (non-hydrogen) atoms. The fraction of sp³-hybridized carbons (Fsp3) is 0.462. The maximum Gasteiger partial charge on any atom is 0.119 e. The van der Waals surface area contributed by atoms with E-state index >= 15 is 0 Å². The second-order valence-corrected chi connectivity index (χ2v) is 8.45. The van der Waals surface area contributed by atoms with Crippen molar-refractivity contribution in [1.82, 2.24) is 4.90 Å². The number of benzene rings is 2. The molecule has 2 fully saturated rings. The van der Waals surface area contributed by atoms with Crippen LogP contribution in [0.25, 0.3) is 5.57 Å². The minimum absolute atomic E-state index is 0.776. The van der Waals surface area contributed by atoms with Crippen molar-refractivity contribution >= 4 is 5.57 Å². The number of fused-ring (bicyclic) bond motifs is 2. The Balaban J connectivity index is 1.53. The summed E-state index contributed by atoms with van der Waals surface area (Å²) in [6.45, 7) is 6.49. The van der Waals surface area contributed by atoms with E-state index in [0.717, 1.165) is 37.2 Å². The van der Waals surface area contributed by atoms with Gasteiger partial charge in [-0.25, -0.2) is 0 Å². The van der Waals surface area contributed by atoms with Gasteiger partial charge in [0.15, 0.2) is 0 Å². The molecule has 1 aliphatic heterocycles. The van der Waals surface area contributed by atoms with Crippen LogP contribution < -0.4 is 4.74 Å². The van der Waals surface area contributed by atoms with Gasteiger partial charge in [0.25, 0.3) is 0 Å². The summed E-state index contributed by atoms with van der Waals surface area (Å²) in [5.74, 6) is 2.88. The Morgan fingerprint density at radius 2 is 1.71 bits per heavy atom. The minimum atomic E-state index is 0.776. The molecule has 2 aromatic rings. The fourth-order valence-corrected chi connectivity index (χ4v) is 4.79. The van der Waals surface area contributed by atoms with Gasteiger partial charge < -0.3 is 4.74 Å². The molecule has 4 rings (SSSR count). The summed E-state index contributed by atoms with van der Waals surface area (Å²) in [4.78, 5) is 2.67. The molecule has 0 radical (unpaired) electrons. The molecule has 2 aliphatic rings. The van der Waals surface area contributed by atoms with E-state index < -0.39 is 0 Å². The quantitative estimate of drug-likeness (QED) is 0.586. The summed E-state index contributed by atoms with van der Waals surface area (Å²) in [7, 11) is 0. The third kappa shape index (κ3) is 4.86. The van der Waals surface area contributed by atoms with Crippen LogP contribution in [0.4, 0.5) is 0 Å². The lowest BCUT2D eigenvalue weighted by Crippen LogP contribution is -2.29. The molecule has 0 N–H and O–H groups in total. The van der Waals surface area contributed by atoms with E-state index in [1.54, 1.807) is 0 Å². The Morgan fingerprint density at radius 1 is 0.964 bits per heavy atom. The molecule has 2 unspecified atom stereocenters. The zero-order valence-electron chi connectivity index (χ0n) is 17.1. The number of ether oxygens (including phenoxy) is 1. The van der Waals surface area contributed by atoms with Gasteiger partial charge in [-0.15, -0.1) is 0 Å². The van der Waals surface area contributed by atoms with Crippen LogP contribution in [-0.2, 0) is 0 Å². The molecule has 2 nitrogen and oxygen atoms in total. The fourth-order valence-electron chi connectivity index (χ4n) is 4.79. The van der Waals surface area contributed by atoms with Crippen LogP contribution in [0.3, 0.4) is 0 Å². The Kier molecular flexibility index (Phi) is 6.49. The van der Waals surface area contributed by atoms with E-state index in [1.807, 2.05) is 0 Å². The first-order valence-electron chi connectivity index (χ1n) is 11.0. The summed E-state index contributed by atoms with van der Waals surface area (Å²) in [6.07, 6.45) is 9.23. The first-order valence-corrected chi connectivity index (χ1v) is 11.0. The zero-order valence-corrected chi connectivity index (χ0v) is 17.1. The van der Waals surface area contributed by atoms with E-state index in [9.17, 15) is 0 Å². The summed E-state index contributed by atoms with van der Waals surface area (Å²) < 4.78 is 5.77. The van der Waals surface area contributed by atoms with Crippen LogP contribution in [0, 0.1) is 11.8 Å². The lowest BCUT2D eigenvalue weighted by atomic mass is 9.97. The third-order valence-electron chi connectivity index (χ3n) is 6.30. The SMILES string of the molecule is CCCOc1ccc(/C(=C\CN2CCC3CCC(C3)C2)c2ccccc2)cc1. The zero-order chi connectivity index (χ0) is 19.2. The predicted octanol–water partition coefficient (Wildman–Crippen LogP) is 6.03. The number of likely N-dealkylation sites (tertiary alicyclic amines) is 1. The average Bonchev–Trinajstić information content (AvgIpc) is 3.08. The van der Waals surface area contributed by atoms with Gasteiger partial charge in [-0.2, -0.15) is 0 Å². The second-order valence-electron chi connectivity index (χ2n) is 8.45. The monoisotopic (exact) mass is 375 g/mol. The van der Waals surface area contributed by atoms with Crippen molar-refractivity contribution in [3.8, 4) is 5.75 Å². The topological polar surface area (TPSA) is 12.5 Å². The normalized spacial score (nSPS) is 22.8. The number of rotatable bonds is 7. The van der Waals surface area contributed by atoms with Crippen LogP contribution in [-0.4, -0.2) is 31.1 Å². The lowest BCUT2D eigenvalue weighted by Gasteiger charge is -2.23. The molecule has 0 spiro atoms. The lowest BCUT2D eigenvalue weighted by molar-refractivity contribution is 0.260. The van der Waals surface area contributed by atoms with E-state index in [4.69, 9.17) is 4.74 Å². The Morgan fingerprint density at radius 3 is 2.50 bits per heavy atom. The van der Waals surface area contributed by atoms with Gasteiger partial charge in [0.1, 0.15) is 5.75 Å². The van der Waals surface area contributed by atoms with Crippen LogP contribution in [0.5, 0.6) is 5.75 Å². The van der Waals surface area contributed by atoms with Crippen molar-refractivity contribution in [3.05, 3.63) is 71.8 Å². The first kappa shape index (κ1) is 19.3. The molecule has 2 atom stereocenters. The third-order valence-corrected chi connectivity index (χ3v) is 6.30. The van der Waals surface area contributed by atoms with Crippen LogP contribution in [0.2, 0.25) is 0 Å². The van der Waals surface area contributed by atoms with Crippen molar-refractivity contribution in [3.63, 3.8) is 0 Å². The van der Waals surface area contributed by atoms with Gasteiger partial charge in [0, 0.05) is 13.1 Å². The van der Waals surface area contributed by atoms with Gasteiger partial charge in [-0.3, -0.25) is 4.90 Å². The highest BCUT2D eigenvalue weighted by Crippen LogP contribution is 2.36. The highest BCUT2D eigenvalue weighted by Gasteiger charge is 2.29. The van der Waals surface area contributed by atoms with Crippen molar-refractivity contribution in [1.29, 1.82) is 0 Å². The summed E-state index contributed by atoms with van der Waals surface area (Å²) in [5, 5.41) is 0. The molecule has 2 bridgehead atoms. The number of nitrogens with zero attached hydrogens (tertiary/aromatic N) is 1. The largest absolute Gasteiger partial charge is 0.494 e. The second kappa shape index (κ2) is 9.43. The van der Waals surface area contributed by atoms with Crippen molar-refractivity contribution in [2.24, 2.45) is 11.8 Å². The molecule has 0 amide bonds. The van der Waals surface area contributed by atoms with Crippen LogP contribution >= 0.6 is 0 Å². The highest BCUT2D eigenvalue weighted by atomic mass is 16.5. The Labute approximate surface area is 170 Å². The van der Waals surface area contributed by atoms with Crippen LogP contribution in [0.15, 0.2) is 60.7 Å². The van der Waals surface area contributed by atoms with Gasteiger partial charge in [0.2, 0.25) is 0 Å². The molecule has 2 aromatic carbocycles. The van der Waals surface area contributed by atoms with Gasteiger partial charge >= 0.3 is 0 Å². The Bertz CT molecular complexity index is 765. The van der Waals surface area contributed by atoms with Gasteiger partial charge in [-0.05, 0) is 72.9 Å². The molecular formula is C26H33NO. The molecule has 1 aliphatic carbocycles. The standard InChI is InChI=1S/C26H33NO/c1-2-18-28-25-12-10-24(11-13-25)26(23-6-4-3-5-7-23)15-17-27-16-14-21-8-9-22(19-21)20-27/h3-7,10-13,15,21-22H,2,8-9,14,16-20H2,1H3/b26-15-. The first-order chi connectivity index (χ1) is 13.8. The highest BCUT2D eigenvalue weighted by molar-refractivity contribution is 5.80. The molecule has 1 saturated carbocycles. The predicted molar refractivity (Wildman–Crippen MR) is 118 cm³/mol. The van der Waals surface area contributed by atoms with Gasteiger partial charge in [-0.1, -0.05) is 61.9 Å². The average molecular weight is 376 g/mol. The molecule has 148 valence electrons. The summed E-state index contributed by atoms with van der Waals surface area (Å²) >= 11 is 0. The summed E-state index contributed by atoms with van der Waals surface area (Å²) in [5.41, 5.74) is 3.89. The minimum Gasteiger partial charge on any atom is -0.494 e. The molecule has 0 aromatic heterocycles. The smallest absolute Gasteiger partial charge is 0.119 e. The van der Waals surface area contributed by atoms with E-state index in [2.05, 4.69) is 72.5 Å². The van der Waals surface area contributed by atoms with E-state index in [-0.39, 0.29) is 0 Å². The molecule has 1 saturated heterocycles. The van der Waals surface area contributed by atoms with Crippen molar-refractivity contribution < 1.29 is 4.74 Å². The number of hydrogen-bond acceptors (Lipinski definition) is 2. The van der Waals surface area contributed by atoms with E-state index in [0.29, 0.717) is 0 Å². The van der Waals surface area contributed by atoms with Crippen molar-refractivity contribution in [2.75, 3.05) is 26.2 Å². The van der Waals surface area contributed by atoms with Gasteiger partial charge in [0.05, 0.1) is 6.61 Å². The maximum atomic E-state index is 5.77. The Hall–Kier alpha value is -2.06. The molecule has 2 heteroatoms. The maximum absolute atomic E-state index is 5.77.